The molecule has 172 valence electrons. The number of benzene rings is 3. The second kappa shape index (κ2) is 9.72. The number of piperidine rings is 1. The van der Waals surface area contributed by atoms with Gasteiger partial charge in [-0.15, -0.1) is 0 Å². The third kappa shape index (κ3) is 4.91. The molecule has 0 spiro atoms. The van der Waals surface area contributed by atoms with Gasteiger partial charge in [0.15, 0.2) is 12.4 Å². The topological polar surface area (TPSA) is 90.0 Å². The average Bonchev–Trinajstić information content (AvgIpc) is 2.86. The lowest BCUT2D eigenvalue weighted by Crippen LogP contribution is -2.35. The number of methoxy groups -OCH3 is 1. The van der Waals surface area contributed by atoms with Crippen LogP contribution in [0.5, 0.6) is 5.75 Å². The van der Waals surface area contributed by atoms with E-state index in [4.69, 9.17) is 9.47 Å². The molecule has 1 aliphatic heterocycles. The van der Waals surface area contributed by atoms with E-state index in [2.05, 4.69) is 0 Å². The van der Waals surface area contributed by atoms with E-state index in [9.17, 15) is 18.0 Å². The smallest absolute Gasteiger partial charge is 0.342 e. The fourth-order valence-electron chi connectivity index (χ4n) is 3.91. The number of carbonyl (C=O) groups excluding carboxylic acids is 2. The molecule has 3 aromatic carbocycles. The molecule has 0 atom stereocenters. The molecule has 3 aromatic rings. The van der Waals surface area contributed by atoms with E-state index in [1.165, 1.54) is 35.7 Å². The SMILES string of the molecule is COc1cc2ccccc2cc1C(=O)OCC(=O)c1ccc(S(=O)(=O)N2CCCCC2)cc1. The van der Waals surface area contributed by atoms with Gasteiger partial charge in [-0.05, 0) is 60.0 Å². The van der Waals surface area contributed by atoms with E-state index in [-0.39, 0.29) is 16.0 Å². The van der Waals surface area contributed by atoms with Crippen LogP contribution < -0.4 is 4.74 Å². The molecule has 33 heavy (non-hydrogen) atoms. The molecule has 1 heterocycles. The number of sulfonamides is 1. The predicted molar refractivity (Wildman–Crippen MR) is 124 cm³/mol. The Labute approximate surface area is 193 Å². The van der Waals surface area contributed by atoms with Gasteiger partial charge < -0.3 is 9.47 Å². The third-order valence-corrected chi connectivity index (χ3v) is 7.66. The van der Waals surface area contributed by atoms with Gasteiger partial charge in [-0.25, -0.2) is 13.2 Å². The van der Waals surface area contributed by atoms with Crippen molar-refractivity contribution in [1.29, 1.82) is 0 Å². The molecule has 0 aliphatic carbocycles. The summed E-state index contributed by atoms with van der Waals surface area (Å²) in [5.41, 5.74) is 0.498. The number of carbonyl (C=O) groups is 2. The maximum atomic E-state index is 12.8. The minimum absolute atomic E-state index is 0.152. The first-order valence-electron chi connectivity index (χ1n) is 10.8. The first-order valence-corrected chi connectivity index (χ1v) is 12.2. The summed E-state index contributed by atoms with van der Waals surface area (Å²) >= 11 is 0. The van der Waals surface area contributed by atoms with Gasteiger partial charge in [0.2, 0.25) is 10.0 Å². The molecule has 8 heteroatoms. The van der Waals surface area contributed by atoms with E-state index in [0.29, 0.717) is 18.8 Å². The van der Waals surface area contributed by atoms with Crippen LogP contribution in [0.15, 0.2) is 65.6 Å². The van der Waals surface area contributed by atoms with Gasteiger partial charge in [0.05, 0.1) is 12.0 Å². The van der Waals surface area contributed by atoms with Crippen LogP contribution in [-0.2, 0) is 14.8 Å². The van der Waals surface area contributed by atoms with Crippen LogP contribution in [0, 0.1) is 0 Å². The highest BCUT2D eigenvalue weighted by Gasteiger charge is 2.26. The van der Waals surface area contributed by atoms with Crippen molar-refractivity contribution in [1.82, 2.24) is 4.31 Å². The molecule has 0 aromatic heterocycles. The van der Waals surface area contributed by atoms with Gasteiger partial charge in [-0.3, -0.25) is 4.79 Å². The Morgan fingerprint density at radius 2 is 1.55 bits per heavy atom. The third-order valence-electron chi connectivity index (χ3n) is 5.75. The van der Waals surface area contributed by atoms with Crippen molar-refractivity contribution >= 4 is 32.5 Å². The zero-order valence-electron chi connectivity index (χ0n) is 18.3. The van der Waals surface area contributed by atoms with E-state index in [1.54, 1.807) is 12.1 Å². The minimum atomic E-state index is -3.57. The summed E-state index contributed by atoms with van der Waals surface area (Å²) in [5, 5.41) is 1.77. The van der Waals surface area contributed by atoms with Crippen LogP contribution in [0.3, 0.4) is 0 Å². The molecule has 7 nitrogen and oxygen atoms in total. The van der Waals surface area contributed by atoms with Crippen molar-refractivity contribution in [3.05, 3.63) is 71.8 Å². The number of rotatable bonds is 7. The molecular formula is C25H25NO6S. The number of esters is 1. The fourth-order valence-corrected chi connectivity index (χ4v) is 5.42. The zero-order chi connectivity index (χ0) is 23.4. The van der Waals surface area contributed by atoms with Gasteiger partial charge in [-0.2, -0.15) is 4.31 Å². The maximum absolute atomic E-state index is 12.8. The van der Waals surface area contributed by atoms with Crippen molar-refractivity contribution in [2.24, 2.45) is 0 Å². The van der Waals surface area contributed by atoms with Crippen molar-refractivity contribution in [2.45, 2.75) is 24.2 Å². The van der Waals surface area contributed by atoms with Crippen molar-refractivity contribution in [3.8, 4) is 5.75 Å². The normalized spacial score (nSPS) is 14.7. The van der Waals surface area contributed by atoms with Crippen molar-refractivity contribution in [2.75, 3.05) is 26.8 Å². The van der Waals surface area contributed by atoms with E-state index in [1.807, 2.05) is 24.3 Å². The Bertz CT molecular complexity index is 1280. The number of Topliss-reactive ketones (excluding diaryl/α,β-unsaturated/α-hetero) is 1. The van der Waals surface area contributed by atoms with Gasteiger partial charge in [0.25, 0.3) is 0 Å². The summed E-state index contributed by atoms with van der Waals surface area (Å²) < 4.78 is 37.5. The van der Waals surface area contributed by atoms with Crippen molar-refractivity contribution in [3.63, 3.8) is 0 Å². The number of fused-ring (bicyclic) bond motifs is 1. The van der Waals surface area contributed by atoms with Crippen LogP contribution in [0.25, 0.3) is 10.8 Å². The Hall–Kier alpha value is -3.23. The van der Waals surface area contributed by atoms with Gasteiger partial charge in [-0.1, -0.05) is 30.7 Å². The molecule has 0 radical (unpaired) electrons. The highest BCUT2D eigenvalue weighted by atomic mass is 32.2. The van der Waals surface area contributed by atoms with Gasteiger partial charge >= 0.3 is 5.97 Å². The van der Waals surface area contributed by atoms with Crippen LogP contribution in [-0.4, -0.2) is 51.3 Å². The lowest BCUT2D eigenvalue weighted by Gasteiger charge is -2.25. The molecule has 0 saturated carbocycles. The highest BCUT2D eigenvalue weighted by Crippen LogP contribution is 2.27. The minimum Gasteiger partial charge on any atom is -0.496 e. The summed E-state index contributed by atoms with van der Waals surface area (Å²) in [6.07, 6.45) is 2.73. The van der Waals surface area contributed by atoms with E-state index < -0.39 is 28.4 Å². The number of hydrogen-bond acceptors (Lipinski definition) is 6. The number of ketones is 1. The van der Waals surface area contributed by atoms with Crippen molar-refractivity contribution < 1.29 is 27.5 Å². The quantitative estimate of drug-likeness (QED) is 0.384. The van der Waals surface area contributed by atoms with Crippen LogP contribution in [0.4, 0.5) is 0 Å². The van der Waals surface area contributed by atoms with Crippen LogP contribution >= 0.6 is 0 Å². The molecule has 1 aliphatic rings. The summed E-state index contributed by atoms with van der Waals surface area (Å²) in [4.78, 5) is 25.3. The highest BCUT2D eigenvalue weighted by molar-refractivity contribution is 7.89. The summed E-state index contributed by atoms with van der Waals surface area (Å²) in [6.45, 7) is 0.557. The molecule has 0 N–H and O–H groups in total. The van der Waals surface area contributed by atoms with Gasteiger partial charge in [0.1, 0.15) is 11.3 Å². The maximum Gasteiger partial charge on any atom is 0.342 e. The van der Waals surface area contributed by atoms with E-state index in [0.717, 1.165) is 30.0 Å². The Kier molecular flexibility index (Phi) is 6.76. The number of ether oxygens (including phenoxy) is 2. The number of hydrogen-bond donors (Lipinski definition) is 0. The van der Waals surface area contributed by atoms with E-state index >= 15 is 0 Å². The summed E-state index contributed by atoms with van der Waals surface area (Å²) in [7, 11) is -2.11. The van der Waals surface area contributed by atoms with Gasteiger partial charge in [0, 0.05) is 18.7 Å². The molecule has 0 bridgehead atoms. The molecule has 1 fully saturated rings. The molecular weight excluding hydrogens is 442 g/mol. The Morgan fingerprint density at radius 1 is 0.909 bits per heavy atom. The second-order valence-corrected chi connectivity index (χ2v) is 9.83. The lowest BCUT2D eigenvalue weighted by molar-refractivity contribution is 0.0472. The first-order chi connectivity index (χ1) is 15.9. The first kappa shape index (κ1) is 22.9. The zero-order valence-corrected chi connectivity index (χ0v) is 19.1. The largest absolute Gasteiger partial charge is 0.496 e. The second-order valence-electron chi connectivity index (χ2n) is 7.89. The molecule has 0 amide bonds. The van der Waals surface area contributed by atoms with Crippen LogP contribution in [0.2, 0.25) is 0 Å². The number of nitrogens with zero attached hydrogens (tertiary/aromatic N) is 1. The predicted octanol–water partition coefficient (Wildman–Crippen LogP) is 4.06. The average molecular weight is 468 g/mol. The van der Waals surface area contributed by atoms with Crippen LogP contribution in [0.1, 0.15) is 40.0 Å². The fraction of sp³-hybridized carbons (Fsp3) is 0.280. The standard InChI is InChI=1S/C25H25NO6S/c1-31-24-16-20-8-4-3-7-19(20)15-22(24)25(28)32-17-23(27)18-9-11-21(12-10-18)33(29,30)26-13-5-2-6-14-26/h3-4,7-12,15-16H,2,5-6,13-14,17H2,1H3. The summed E-state index contributed by atoms with van der Waals surface area (Å²) in [6, 6.07) is 16.7. The monoisotopic (exact) mass is 467 g/mol. The lowest BCUT2D eigenvalue weighted by atomic mass is 10.1. The Morgan fingerprint density at radius 3 is 2.18 bits per heavy atom. The molecule has 0 unspecified atom stereocenters. The summed E-state index contributed by atoms with van der Waals surface area (Å²) in [5.74, 6) is -0.737. The molecule has 1 saturated heterocycles. The molecule has 4 rings (SSSR count). The Balaban J connectivity index is 1.44.